The van der Waals surface area contributed by atoms with Gasteiger partial charge in [-0.25, -0.2) is 0 Å². The summed E-state index contributed by atoms with van der Waals surface area (Å²) in [7, 11) is 0. The Balaban J connectivity index is 1.94. The second-order valence-corrected chi connectivity index (χ2v) is 10.0. The molecule has 3 aliphatic heterocycles. The van der Waals surface area contributed by atoms with Gasteiger partial charge in [-0.15, -0.1) is 13.2 Å². The summed E-state index contributed by atoms with van der Waals surface area (Å²) in [6.45, 7) is 12.7. The minimum absolute atomic E-state index is 0.00874. The summed E-state index contributed by atoms with van der Waals surface area (Å²) in [5, 5.41) is 9.17. The van der Waals surface area contributed by atoms with Crippen LogP contribution in [0.4, 0.5) is 0 Å². The molecule has 3 fully saturated rings. The third-order valence-corrected chi connectivity index (χ3v) is 7.78. The normalized spacial score (nSPS) is 29.7. The largest absolute Gasteiger partial charge is 0.465 e. The van der Waals surface area contributed by atoms with Crippen LogP contribution in [-0.2, 0) is 23.9 Å². The highest BCUT2D eigenvalue weighted by Gasteiger charge is 2.75. The summed E-state index contributed by atoms with van der Waals surface area (Å²) in [5.41, 5.74) is -1.01. The van der Waals surface area contributed by atoms with Crippen LogP contribution in [0.25, 0.3) is 0 Å². The molecule has 0 radical (unpaired) electrons. The van der Waals surface area contributed by atoms with Gasteiger partial charge in [-0.3, -0.25) is 14.4 Å². The molecule has 35 heavy (non-hydrogen) atoms. The zero-order valence-corrected chi connectivity index (χ0v) is 21.3. The number of ether oxygens (including phenoxy) is 2. The van der Waals surface area contributed by atoms with Gasteiger partial charge in [0.25, 0.3) is 0 Å². The van der Waals surface area contributed by atoms with E-state index in [-0.39, 0.29) is 31.1 Å². The van der Waals surface area contributed by atoms with Gasteiger partial charge in [-0.1, -0.05) is 25.5 Å². The van der Waals surface area contributed by atoms with Crippen molar-refractivity contribution in [3.8, 4) is 0 Å². The molecule has 0 aromatic heterocycles. The van der Waals surface area contributed by atoms with E-state index < -0.39 is 35.6 Å². The van der Waals surface area contributed by atoms with E-state index in [1.807, 2.05) is 6.92 Å². The van der Waals surface area contributed by atoms with Crippen molar-refractivity contribution in [3.05, 3.63) is 25.3 Å². The predicted molar refractivity (Wildman–Crippen MR) is 132 cm³/mol. The fourth-order valence-electron chi connectivity index (χ4n) is 6.21. The number of esters is 1. The van der Waals surface area contributed by atoms with Crippen molar-refractivity contribution in [2.45, 2.75) is 89.0 Å². The maximum absolute atomic E-state index is 14.1. The van der Waals surface area contributed by atoms with Crippen molar-refractivity contribution in [3.63, 3.8) is 0 Å². The van der Waals surface area contributed by atoms with Crippen molar-refractivity contribution in [1.29, 1.82) is 0 Å². The van der Waals surface area contributed by atoms with E-state index >= 15 is 0 Å². The fraction of sp³-hybridized carbons (Fsp3) is 0.741. The van der Waals surface area contributed by atoms with Crippen LogP contribution < -0.4 is 0 Å². The summed E-state index contributed by atoms with van der Waals surface area (Å²) in [5.74, 6) is -2.16. The molecule has 196 valence electrons. The molecule has 3 unspecified atom stereocenters. The molecule has 3 rings (SSSR count). The Morgan fingerprint density at radius 3 is 2.74 bits per heavy atom. The van der Waals surface area contributed by atoms with E-state index in [4.69, 9.17) is 14.6 Å². The van der Waals surface area contributed by atoms with Crippen molar-refractivity contribution < 1.29 is 29.0 Å². The van der Waals surface area contributed by atoms with Crippen molar-refractivity contribution in [2.75, 3.05) is 26.3 Å². The molecular formula is C27H42N2O6. The first-order chi connectivity index (χ1) is 16.9. The maximum atomic E-state index is 14.1. The number of aliphatic hydroxyl groups excluding tert-OH is 1. The lowest BCUT2D eigenvalue weighted by Gasteiger charge is -2.39. The summed E-state index contributed by atoms with van der Waals surface area (Å²) in [6, 6.07) is -0.782. The smallest absolute Gasteiger partial charge is 0.312 e. The first-order valence-electron chi connectivity index (χ1n) is 13.2. The summed E-state index contributed by atoms with van der Waals surface area (Å²) in [4.78, 5) is 44.5. The number of unbranched alkanes of at least 4 members (excludes halogenated alkanes) is 2. The molecule has 8 heteroatoms. The summed E-state index contributed by atoms with van der Waals surface area (Å²) in [6.07, 6.45) is 8.55. The number of aliphatic hydroxyl groups is 1. The van der Waals surface area contributed by atoms with Crippen LogP contribution in [0.15, 0.2) is 25.3 Å². The average molecular weight is 491 g/mol. The standard InChI is InChI=1S/C27H42N2O6/c1-5-8-18-34-26(33)21-20-13-14-27(35-20)22(21)24(31)29(16-10-9-11-17-30)23(27)25(32)28(15-7-3)19(4)12-6-2/h5,7,19-23,30H,1,3,6,8-18H2,2,4H3/t19?,20-,21+,22-,23?,27?/m0/s1. The van der Waals surface area contributed by atoms with Gasteiger partial charge in [-0.05, 0) is 51.9 Å². The highest BCUT2D eigenvalue weighted by Crippen LogP contribution is 2.58. The van der Waals surface area contributed by atoms with Crippen LogP contribution in [0.1, 0.15) is 65.2 Å². The topological polar surface area (TPSA) is 96.4 Å². The van der Waals surface area contributed by atoms with Crippen molar-refractivity contribution in [1.82, 2.24) is 9.80 Å². The molecule has 1 spiro atoms. The van der Waals surface area contributed by atoms with E-state index in [1.54, 1.807) is 22.0 Å². The number of fused-ring (bicyclic) bond motifs is 1. The molecule has 0 aromatic carbocycles. The monoisotopic (exact) mass is 490 g/mol. The Morgan fingerprint density at radius 1 is 1.31 bits per heavy atom. The number of carbonyl (C=O) groups excluding carboxylic acids is 3. The van der Waals surface area contributed by atoms with Crippen LogP contribution in [0.5, 0.6) is 0 Å². The molecule has 3 heterocycles. The molecule has 2 bridgehead atoms. The number of rotatable bonds is 15. The third-order valence-electron chi connectivity index (χ3n) is 7.78. The van der Waals surface area contributed by atoms with Gasteiger partial charge in [0.15, 0.2) is 0 Å². The second kappa shape index (κ2) is 12.2. The van der Waals surface area contributed by atoms with Crippen molar-refractivity contribution >= 4 is 17.8 Å². The van der Waals surface area contributed by atoms with E-state index in [0.717, 1.165) is 19.3 Å². The molecule has 1 N–H and O–H groups in total. The average Bonchev–Trinajstić information content (AvgIpc) is 3.47. The second-order valence-electron chi connectivity index (χ2n) is 10.0. The lowest BCUT2D eigenvalue weighted by atomic mass is 9.70. The number of carbonyl (C=O) groups is 3. The molecular weight excluding hydrogens is 448 g/mol. The fourth-order valence-corrected chi connectivity index (χ4v) is 6.21. The zero-order valence-electron chi connectivity index (χ0n) is 21.3. The van der Waals surface area contributed by atoms with Crippen LogP contribution in [-0.4, -0.2) is 82.8 Å². The molecule has 2 amide bonds. The van der Waals surface area contributed by atoms with Gasteiger partial charge in [0.2, 0.25) is 11.8 Å². The lowest BCUT2D eigenvalue weighted by Crippen LogP contribution is -2.57. The first-order valence-corrected chi connectivity index (χ1v) is 13.2. The van der Waals surface area contributed by atoms with Gasteiger partial charge in [0.1, 0.15) is 11.6 Å². The summed E-state index contributed by atoms with van der Waals surface area (Å²) < 4.78 is 11.9. The Bertz CT molecular complexity index is 801. The van der Waals surface area contributed by atoms with Crippen LogP contribution in [0.3, 0.4) is 0 Å². The number of nitrogens with zero attached hydrogens (tertiary/aromatic N) is 2. The molecule has 8 nitrogen and oxygen atoms in total. The van der Waals surface area contributed by atoms with E-state index in [9.17, 15) is 14.4 Å². The predicted octanol–water partition coefficient (Wildman–Crippen LogP) is 2.85. The van der Waals surface area contributed by atoms with Gasteiger partial charge in [0.05, 0.1) is 24.5 Å². The molecule has 3 saturated heterocycles. The number of hydrogen-bond acceptors (Lipinski definition) is 6. The minimum Gasteiger partial charge on any atom is -0.465 e. The first kappa shape index (κ1) is 27.4. The quantitative estimate of drug-likeness (QED) is 0.215. The minimum atomic E-state index is -1.01. The highest BCUT2D eigenvalue weighted by atomic mass is 16.6. The molecule has 3 aliphatic rings. The lowest BCUT2D eigenvalue weighted by molar-refractivity contribution is -0.155. The Kier molecular flexibility index (Phi) is 9.53. The Hall–Kier alpha value is -2.19. The van der Waals surface area contributed by atoms with Gasteiger partial charge >= 0.3 is 5.97 Å². The number of hydrogen-bond donors (Lipinski definition) is 1. The molecule has 6 atom stereocenters. The Morgan fingerprint density at radius 2 is 2.09 bits per heavy atom. The van der Waals surface area contributed by atoms with Crippen LogP contribution >= 0.6 is 0 Å². The number of likely N-dealkylation sites (tertiary alicyclic amines) is 1. The highest BCUT2D eigenvalue weighted by molar-refractivity contribution is 5.98. The molecule has 0 aliphatic carbocycles. The Labute approximate surface area is 209 Å². The van der Waals surface area contributed by atoms with Crippen LogP contribution in [0, 0.1) is 11.8 Å². The van der Waals surface area contributed by atoms with Gasteiger partial charge in [-0.2, -0.15) is 0 Å². The van der Waals surface area contributed by atoms with Crippen molar-refractivity contribution in [2.24, 2.45) is 11.8 Å². The maximum Gasteiger partial charge on any atom is 0.312 e. The third kappa shape index (κ3) is 5.19. The molecule has 0 aromatic rings. The van der Waals surface area contributed by atoms with Crippen LogP contribution in [0.2, 0.25) is 0 Å². The zero-order chi connectivity index (χ0) is 25.6. The number of amides is 2. The summed E-state index contributed by atoms with van der Waals surface area (Å²) >= 11 is 0. The van der Waals surface area contributed by atoms with Gasteiger partial charge in [0, 0.05) is 25.7 Å². The van der Waals surface area contributed by atoms with Gasteiger partial charge < -0.3 is 24.4 Å². The van der Waals surface area contributed by atoms with E-state index in [2.05, 4.69) is 20.1 Å². The van der Waals surface area contributed by atoms with E-state index in [1.165, 1.54) is 0 Å². The molecule has 0 saturated carbocycles. The van der Waals surface area contributed by atoms with E-state index in [0.29, 0.717) is 45.2 Å². The SMILES string of the molecule is C=CCCOC(=O)[C@@H]1[C@@H]2CCC3(O2)C(C(=O)N(CC=C)C(C)CCC)N(CCCCCO)C(=O)[C@H]13.